The fourth-order valence-corrected chi connectivity index (χ4v) is 3.45. The minimum absolute atomic E-state index is 0.0352. The third-order valence-corrected chi connectivity index (χ3v) is 5.20. The van der Waals surface area contributed by atoms with Crippen LogP contribution in [0.1, 0.15) is 17.0 Å². The van der Waals surface area contributed by atoms with Gasteiger partial charge < -0.3 is 4.74 Å². The number of aryl methyl sites for hydroxylation is 1. The predicted octanol–water partition coefficient (Wildman–Crippen LogP) is 4.84. The first-order valence-electron chi connectivity index (χ1n) is 9.60. The lowest BCUT2D eigenvalue weighted by atomic mass is 10.2. The van der Waals surface area contributed by atoms with E-state index in [1.54, 1.807) is 49.5 Å². The number of nitro benzene ring substituents is 1. The van der Waals surface area contributed by atoms with E-state index in [9.17, 15) is 14.9 Å². The van der Waals surface area contributed by atoms with Gasteiger partial charge in [0.1, 0.15) is 18.2 Å². The number of hydrogen-bond acceptors (Lipinski definition) is 6. The largest absolute Gasteiger partial charge is 0.489 e. The van der Waals surface area contributed by atoms with Crippen molar-refractivity contribution in [3.63, 3.8) is 0 Å². The molecule has 3 aromatic carbocycles. The Labute approximate surface area is 191 Å². The highest BCUT2D eigenvalue weighted by Crippen LogP contribution is 2.18. The van der Waals surface area contributed by atoms with Crippen LogP contribution >= 0.6 is 15.9 Å². The van der Waals surface area contributed by atoms with Gasteiger partial charge in [0, 0.05) is 16.6 Å². The topological polar surface area (TPSA) is 99.6 Å². The fraction of sp³-hybridized carbons (Fsp3) is 0.0870. The summed E-state index contributed by atoms with van der Waals surface area (Å²) in [6, 6.07) is 18.8. The van der Waals surface area contributed by atoms with E-state index in [1.807, 2.05) is 18.2 Å². The van der Waals surface area contributed by atoms with Gasteiger partial charge in [0.15, 0.2) is 0 Å². The number of benzene rings is 3. The predicted molar refractivity (Wildman–Crippen MR) is 125 cm³/mol. The first-order chi connectivity index (χ1) is 15.4. The molecule has 4 aromatic rings. The molecule has 0 fully saturated rings. The van der Waals surface area contributed by atoms with Gasteiger partial charge in [-0.1, -0.05) is 28.1 Å². The lowest BCUT2D eigenvalue weighted by Crippen LogP contribution is -2.20. The third-order valence-electron chi connectivity index (χ3n) is 4.70. The van der Waals surface area contributed by atoms with Crippen molar-refractivity contribution >= 4 is 38.7 Å². The molecule has 9 heteroatoms. The Morgan fingerprint density at radius 1 is 1.16 bits per heavy atom. The van der Waals surface area contributed by atoms with E-state index in [4.69, 9.17) is 4.74 Å². The summed E-state index contributed by atoms with van der Waals surface area (Å²) in [5.41, 5.74) is 1.95. The van der Waals surface area contributed by atoms with Gasteiger partial charge in [0.2, 0.25) is 0 Å². The normalized spacial score (nSPS) is 11.2. The quantitative estimate of drug-likeness (QED) is 0.218. The molecular formula is C23H17BrN4O4. The molecule has 0 aliphatic heterocycles. The fourth-order valence-electron chi connectivity index (χ4n) is 3.09. The average Bonchev–Trinajstić information content (AvgIpc) is 2.79. The highest BCUT2D eigenvalue weighted by Gasteiger charge is 2.08. The molecule has 0 spiro atoms. The van der Waals surface area contributed by atoms with Crippen molar-refractivity contribution in [2.75, 3.05) is 0 Å². The van der Waals surface area contributed by atoms with Crippen LogP contribution < -0.4 is 10.3 Å². The summed E-state index contributed by atoms with van der Waals surface area (Å²) in [6.45, 7) is 1.99. The molecule has 0 atom stereocenters. The Bertz CT molecular complexity index is 1400. The van der Waals surface area contributed by atoms with Crippen molar-refractivity contribution in [3.05, 3.63) is 109 Å². The van der Waals surface area contributed by atoms with Crippen LogP contribution in [-0.2, 0) is 6.61 Å². The van der Waals surface area contributed by atoms with Gasteiger partial charge in [0.25, 0.3) is 11.2 Å². The van der Waals surface area contributed by atoms with E-state index in [1.165, 1.54) is 16.8 Å². The number of hydrogen-bond donors (Lipinski definition) is 0. The minimum atomic E-state index is -0.440. The Kier molecular flexibility index (Phi) is 6.09. The van der Waals surface area contributed by atoms with Gasteiger partial charge in [-0.3, -0.25) is 14.9 Å². The van der Waals surface area contributed by atoms with Gasteiger partial charge in [-0.25, -0.2) is 4.98 Å². The smallest absolute Gasteiger partial charge is 0.282 e. The van der Waals surface area contributed by atoms with Gasteiger partial charge in [-0.2, -0.15) is 9.78 Å². The van der Waals surface area contributed by atoms with Crippen molar-refractivity contribution in [3.8, 4) is 5.75 Å². The van der Waals surface area contributed by atoms with E-state index in [0.717, 1.165) is 15.6 Å². The molecule has 0 N–H and O–H groups in total. The number of nitro groups is 1. The number of aromatic nitrogens is 2. The molecule has 0 aliphatic rings. The summed E-state index contributed by atoms with van der Waals surface area (Å²) < 4.78 is 7.84. The number of fused-ring (bicyclic) bond motifs is 1. The minimum Gasteiger partial charge on any atom is -0.489 e. The van der Waals surface area contributed by atoms with Crippen molar-refractivity contribution in [1.29, 1.82) is 0 Å². The molecule has 0 bridgehead atoms. The molecule has 1 aromatic heterocycles. The van der Waals surface area contributed by atoms with E-state index >= 15 is 0 Å². The molecule has 0 unspecified atom stereocenters. The van der Waals surface area contributed by atoms with Crippen LogP contribution in [0.25, 0.3) is 10.9 Å². The summed E-state index contributed by atoms with van der Waals surface area (Å²) in [7, 11) is 0. The van der Waals surface area contributed by atoms with E-state index < -0.39 is 4.92 Å². The zero-order valence-electron chi connectivity index (χ0n) is 16.9. The summed E-state index contributed by atoms with van der Waals surface area (Å²) >= 11 is 3.38. The van der Waals surface area contributed by atoms with E-state index in [2.05, 4.69) is 26.0 Å². The lowest BCUT2D eigenvalue weighted by molar-refractivity contribution is -0.384. The molecule has 0 amide bonds. The number of ether oxygens (including phenoxy) is 1. The number of non-ortho nitro benzene ring substituents is 1. The molecule has 0 saturated carbocycles. The maximum Gasteiger partial charge on any atom is 0.282 e. The second-order valence-corrected chi connectivity index (χ2v) is 7.88. The van der Waals surface area contributed by atoms with Crippen LogP contribution in [0.2, 0.25) is 0 Å². The number of rotatable bonds is 6. The highest BCUT2D eigenvalue weighted by atomic mass is 79.9. The standard InChI is InChI=1S/C23H17BrN4O4/c1-15-26-22-10-7-18(24)12-21(22)23(29)27(15)25-13-17-3-2-4-20(11-17)32-14-16-5-8-19(9-6-16)28(30)31/h2-13H,14H2,1H3. The van der Waals surface area contributed by atoms with Gasteiger partial charge >= 0.3 is 0 Å². The maximum absolute atomic E-state index is 12.8. The Balaban J connectivity index is 1.53. The maximum atomic E-state index is 12.8. The van der Waals surface area contributed by atoms with Crippen molar-refractivity contribution < 1.29 is 9.66 Å². The van der Waals surface area contributed by atoms with Crippen LogP contribution in [0.4, 0.5) is 5.69 Å². The monoisotopic (exact) mass is 492 g/mol. The third kappa shape index (κ3) is 4.73. The van der Waals surface area contributed by atoms with Gasteiger partial charge in [0.05, 0.1) is 22.0 Å². The van der Waals surface area contributed by atoms with Crippen molar-refractivity contribution in [2.24, 2.45) is 5.10 Å². The molecule has 0 saturated heterocycles. The van der Waals surface area contributed by atoms with Crippen LogP contribution in [-0.4, -0.2) is 20.8 Å². The second-order valence-electron chi connectivity index (χ2n) is 6.97. The highest BCUT2D eigenvalue weighted by molar-refractivity contribution is 9.10. The molecule has 1 heterocycles. The Morgan fingerprint density at radius 3 is 2.69 bits per heavy atom. The average molecular weight is 493 g/mol. The lowest BCUT2D eigenvalue weighted by Gasteiger charge is -2.07. The molecule has 4 rings (SSSR count). The zero-order chi connectivity index (χ0) is 22.7. The number of nitrogens with zero attached hydrogens (tertiary/aromatic N) is 4. The van der Waals surface area contributed by atoms with E-state index in [0.29, 0.717) is 22.5 Å². The molecular weight excluding hydrogens is 476 g/mol. The SMILES string of the molecule is Cc1nc2ccc(Br)cc2c(=O)n1N=Cc1cccc(OCc2ccc([N+](=O)[O-])cc2)c1. The summed E-state index contributed by atoms with van der Waals surface area (Å²) in [6.07, 6.45) is 1.57. The van der Waals surface area contributed by atoms with Crippen LogP contribution in [0.3, 0.4) is 0 Å². The molecule has 160 valence electrons. The van der Waals surface area contributed by atoms with Crippen LogP contribution in [0, 0.1) is 17.0 Å². The number of halogens is 1. The first kappa shape index (κ1) is 21.4. The summed E-state index contributed by atoms with van der Waals surface area (Å²) in [5.74, 6) is 1.09. The summed E-state index contributed by atoms with van der Waals surface area (Å²) in [5, 5.41) is 15.5. The molecule has 8 nitrogen and oxygen atoms in total. The second kappa shape index (κ2) is 9.11. The van der Waals surface area contributed by atoms with Gasteiger partial charge in [-0.15, -0.1) is 0 Å². The summed E-state index contributed by atoms with van der Waals surface area (Å²) in [4.78, 5) is 27.6. The van der Waals surface area contributed by atoms with E-state index in [-0.39, 0.29) is 17.9 Å². The van der Waals surface area contributed by atoms with Crippen molar-refractivity contribution in [1.82, 2.24) is 9.66 Å². The van der Waals surface area contributed by atoms with Gasteiger partial charge in [-0.05, 0) is 60.5 Å². The molecule has 0 aliphatic carbocycles. The first-order valence-corrected chi connectivity index (χ1v) is 10.4. The zero-order valence-corrected chi connectivity index (χ0v) is 18.5. The Morgan fingerprint density at radius 2 is 1.94 bits per heavy atom. The molecule has 0 radical (unpaired) electrons. The molecule has 32 heavy (non-hydrogen) atoms. The van der Waals surface area contributed by atoms with Crippen LogP contribution in [0.15, 0.2) is 81.1 Å². The van der Waals surface area contributed by atoms with Crippen molar-refractivity contribution in [2.45, 2.75) is 13.5 Å². The Hall–Kier alpha value is -3.85. The van der Waals surface area contributed by atoms with Crippen LogP contribution in [0.5, 0.6) is 5.75 Å².